The average molecular weight is 2040 g/mol. The molecule has 12 N–H and O–H groups in total. The summed E-state index contributed by atoms with van der Waals surface area (Å²) >= 11 is 6.32. The molecule has 5 amide bonds. The quantitative estimate of drug-likeness (QED) is 0.00751. The Kier molecular flexibility index (Phi) is 61.4. The average Bonchev–Trinajstić information content (AvgIpc) is 0.778. The van der Waals surface area contributed by atoms with Crippen LogP contribution < -0.4 is 66.9 Å². The molecule has 3 saturated heterocycles. The van der Waals surface area contributed by atoms with Gasteiger partial charge in [-0.25, -0.2) is 26.3 Å². The minimum Gasteiger partial charge on any atom is -0.493 e. The zero-order valence-electron chi connectivity index (χ0n) is 79.0. The Morgan fingerprint density at radius 2 is 0.787 bits per heavy atom. The molecule has 0 aliphatic carbocycles. The van der Waals surface area contributed by atoms with Gasteiger partial charge in [0.15, 0.2) is 23.0 Å². The Bertz CT molecular complexity index is 4560. The van der Waals surface area contributed by atoms with Crippen molar-refractivity contribution >= 4 is 79.3 Å². The van der Waals surface area contributed by atoms with E-state index in [1.807, 2.05) is 24.3 Å². The van der Waals surface area contributed by atoms with E-state index in [9.17, 15) is 64.7 Å². The molecule has 11 rings (SSSR count). The Morgan fingerprint density at radius 1 is 0.441 bits per heavy atom. The van der Waals surface area contributed by atoms with E-state index in [0.717, 1.165) is 101 Å². The normalized spacial score (nSPS) is 12.3. The minimum atomic E-state index is -0.805. The zero-order chi connectivity index (χ0) is 101. The molecule has 3 fully saturated rings. The van der Waals surface area contributed by atoms with Crippen LogP contribution in [-0.2, 0) is 59.7 Å². The number of ether oxygens (including phenoxy) is 8. The number of piperazine rings is 3. The van der Waals surface area contributed by atoms with Gasteiger partial charge >= 0.3 is 17.9 Å². The number of alkyl halides is 2. The first-order valence-electron chi connectivity index (χ1n) is 44.8. The molecule has 0 aromatic heterocycles. The molecule has 0 spiro atoms. The maximum atomic E-state index is 13.5. The van der Waals surface area contributed by atoms with Gasteiger partial charge in [-0.2, -0.15) is 0 Å². The van der Waals surface area contributed by atoms with Gasteiger partial charge in [0.25, 0.3) is 0 Å². The summed E-state index contributed by atoms with van der Waals surface area (Å²) in [4.78, 5) is 96.0. The molecule has 36 heteroatoms. The number of aliphatic carboxylic acids is 1. The van der Waals surface area contributed by atoms with Crippen molar-refractivity contribution in [3.63, 3.8) is 0 Å². The van der Waals surface area contributed by atoms with Crippen molar-refractivity contribution in [2.45, 2.75) is 127 Å². The Hall–Kier alpha value is -11.4. The standard InChI is InChI=1S/C32H36F2N2O5.C22H24F2N2O2.C18H18F2O2.C10H13BrO3.C6H14N2O2.C4H7BrO2.C4H8N2O.C2H8N2.C2H6O/c1-39-28-18-22(19-29(40-2)32(28)41-3)20-35-16-17-36(21-31(35)38)30(37)7-5-4-6-27(23-8-12-25(33)13-9-23)24-10-14-26(34)15-11-24;23-18-9-5-16(6-10-18)20(17-7-11-19(24)12-8-17)3-1-2-4-22(28)26-14-13-25-21(27)15-26;19-15-9-5-13(6-10-15)17(3-1-2-4-18(21)22)14-7-11-16(20)12-8-14;1-12-8-4-7(6-11)5-9(13-2)10(8)14-3;1-2-10-6(9)5-8-4-3-7;1-2-7-4(6)3-5;7-4-3-5-1-2-6-4;3-1-2-4;1-2-3/h8-15,18-19,27H,4-7,16-17,20-21H2,1-3H3;5-12,20H,1-4,13-15H2,(H,25,27);5-12,17H,1-4H2,(H,21,22);4-5H,6H2,1-3H3;8H,2-5,7H2,1H3;2-3H2,1H3;5H,1-3H2,(H,6,7);1-4H2;3H,2H2,1H3. The van der Waals surface area contributed by atoms with Crippen molar-refractivity contribution < 1.29 is 113 Å². The van der Waals surface area contributed by atoms with Crippen molar-refractivity contribution in [2.75, 3.05) is 159 Å². The number of hydrogen-bond acceptors (Lipinski definition) is 22. The highest BCUT2D eigenvalue weighted by Gasteiger charge is 2.29. The number of aliphatic hydroxyl groups is 1. The van der Waals surface area contributed by atoms with E-state index in [-0.39, 0.29) is 127 Å². The van der Waals surface area contributed by atoms with Crippen LogP contribution in [0.25, 0.3) is 0 Å². The third kappa shape index (κ3) is 46.9. The summed E-state index contributed by atoms with van der Waals surface area (Å²) in [5.74, 6) is 0.265. The lowest BCUT2D eigenvalue weighted by Gasteiger charge is -2.34. The van der Waals surface area contributed by atoms with Crippen LogP contribution in [0, 0.1) is 34.9 Å². The zero-order valence-corrected chi connectivity index (χ0v) is 82.2. The van der Waals surface area contributed by atoms with Gasteiger partial charge in [0.05, 0.1) is 82.1 Å². The Labute approximate surface area is 811 Å². The topological polar surface area (TPSA) is 387 Å². The number of hydrogen-bond donors (Lipinski definition) is 9. The molecule has 28 nitrogen and oxygen atoms in total. The molecule has 0 saturated carbocycles. The van der Waals surface area contributed by atoms with Crippen LogP contribution in [0.2, 0.25) is 0 Å². The highest BCUT2D eigenvalue weighted by Crippen LogP contribution is 2.41. The maximum absolute atomic E-state index is 13.5. The first kappa shape index (κ1) is 119. The third-order valence-corrected chi connectivity index (χ3v) is 21.6. The number of carbonyl (C=O) groups is 8. The monoisotopic (exact) mass is 2030 g/mol. The summed E-state index contributed by atoms with van der Waals surface area (Å²) in [6.45, 7) is 13.7. The van der Waals surface area contributed by atoms with Crippen LogP contribution >= 0.6 is 31.9 Å². The van der Waals surface area contributed by atoms with E-state index in [1.165, 1.54) is 79.9 Å². The molecule has 3 heterocycles. The van der Waals surface area contributed by atoms with Crippen molar-refractivity contribution in [3.05, 3.63) is 249 Å². The summed E-state index contributed by atoms with van der Waals surface area (Å²) < 4.78 is 121. The van der Waals surface area contributed by atoms with Crippen LogP contribution in [0.1, 0.15) is 160 Å². The molecular formula is C100H134Br2F6N10O18. The third-order valence-electron chi connectivity index (χ3n) is 20.5. The molecule has 748 valence electrons. The lowest BCUT2D eigenvalue weighted by molar-refractivity contribution is -0.145. The number of nitrogens with zero attached hydrogens (tertiary/aromatic N) is 3. The van der Waals surface area contributed by atoms with E-state index < -0.39 is 5.97 Å². The fourth-order valence-electron chi connectivity index (χ4n) is 13.8. The maximum Gasteiger partial charge on any atom is 0.319 e. The number of carbonyl (C=O) groups excluding carboxylic acids is 7. The fraction of sp³-hybridized carbons (Fsp3) is 0.440. The molecule has 0 atom stereocenters. The largest absolute Gasteiger partial charge is 0.493 e. The molecule has 136 heavy (non-hydrogen) atoms. The van der Waals surface area contributed by atoms with Crippen molar-refractivity contribution in [2.24, 2.45) is 17.2 Å². The van der Waals surface area contributed by atoms with Gasteiger partial charge in [0.1, 0.15) is 40.2 Å². The SMILES string of the molecule is CCO.CCOC(=O)CBr.CCOC(=O)CNCCN.COc1cc(CBr)cc(OC)c1OC.COc1cc(CN2CCN(C(=O)CCCCC(c3ccc(F)cc3)c3ccc(F)cc3)CC2=O)cc(OC)c1OC.NCCN.O=C(O)CCCCC(c1ccc(F)cc1)c1ccc(F)cc1.O=C1CN(C(=O)CCCCC(c2ccc(F)cc2)c2ccc(F)cc2)CCN1.O=C1CNCCN1. The predicted molar refractivity (Wildman–Crippen MR) is 519 cm³/mol. The Morgan fingerprint density at radius 3 is 1.06 bits per heavy atom. The molecule has 0 unspecified atom stereocenters. The number of carboxylic acids is 1. The van der Waals surface area contributed by atoms with Crippen LogP contribution in [0.15, 0.2) is 170 Å². The van der Waals surface area contributed by atoms with Gasteiger partial charge in [0.2, 0.25) is 41.0 Å². The first-order valence-corrected chi connectivity index (χ1v) is 47.0. The summed E-state index contributed by atoms with van der Waals surface area (Å²) in [7, 11) is 9.43. The molecule has 8 aromatic rings. The van der Waals surface area contributed by atoms with Gasteiger partial charge in [-0.15, -0.1) is 0 Å². The van der Waals surface area contributed by atoms with Crippen molar-refractivity contribution in [1.82, 2.24) is 36.0 Å². The second-order valence-electron chi connectivity index (χ2n) is 30.2. The molecule has 3 aliphatic heterocycles. The summed E-state index contributed by atoms with van der Waals surface area (Å²) in [6.07, 6.45) is 7.34. The first-order chi connectivity index (χ1) is 65.5. The molecule has 0 radical (unpaired) electrons. The number of methoxy groups -OCH3 is 6. The van der Waals surface area contributed by atoms with Gasteiger partial charge in [-0.3, -0.25) is 38.4 Å². The second kappa shape index (κ2) is 70.3. The number of aliphatic hydroxyl groups excluding tert-OH is 1. The van der Waals surface area contributed by atoms with E-state index >= 15 is 0 Å². The lowest BCUT2D eigenvalue weighted by Crippen LogP contribution is -2.51. The number of halogens is 8. The van der Waals surface area contributed by atoms with E-state index in [0.29, 0.717) is 151 Å². The lowest BCUT2D eigenvalue weighted by atomic mass is 9.87. The summed E-state index contributed by atoms with van der Waals surface area (Å²) in [5.41, 5.74) is 22.6. The van der Waals surface area contributed by atoms with E-state index in [2.05, 4.69) is 62.6 Å². The molecular weight excluding hydrogens is 1900 g/mol. The number of amides is 5. The van der Waals surface area contributed by atoms with E-state index in [1.54, 1.807) is 144 Å². The molecule has 8 aromatic carbocycles. The number of esters is 2. The van der Waals surface area contributed by atoms with Crippen LogP contribution in [0.3, 0.4) is 0 Å². The van der Waals surface area contributed by atoms with Crippen LogP contribution in [-0.4, -0.2) is 232 Å². The second-order valence-corrected chi connectivity index (χ2v) is 31.3. The van der Waals surface area contributed by atoms with Gasteiger partial charge in [-0.05, 0) is 201 Å². The number of carboxylic acid groups (broad SMARTS) is 1. The van der Waals surface area contributed by atoms with Crippen LogP contribution in [0.4, 0.5) is 26.3 Å². The number of unbranched alkanes of at least 4 members (excludes halogenated alkanes) is 3. The minimum absolute atomic E-state index is 0.00466. The molecule has 3 aliphatic rings. The smallest absolute Gasteiger partial charge is 0.319 e. The number of nitrogens with two attached hydrogens (primary N) is 3. The highest BCUT2D eigenvalue weighted by molar-refractivity contribution is 9.09. The van der Waals surface area contributed by atoms with Crippen molar-refractivity contribution in [3.8, 4) is 34.5 Å². The van der Waals surface area contributed by atoms with Gasteiger partial charge in [0, 0.05) is 121 Å². The van der Waals surface area contributed by atoms with Gasteiger partial charge < -0.3 is 101 Å². The number of nitrogens with one attached hydrogen (secondary N) is 4. The molecule has 0 bridgehead atoms. The Balaban J connectivity index is 0.000000437. The van der Waals surface area contributed by atoms with Crippen molar-refractivity contribution in [1.29, 1.82) is 0 Å². The van der Waals surface area contributed by atoms with Gasteiger partial charge in [-0.1, -0.05) is 124 Å². The predicted octanol–water partition coefficient (Wildman–Crippen LogP) is 14.2. The number of rotatable bonds is 38. The van der Waals surface area contributed by atoms with Crippen LogP contribution in [0.5, 0.6) is 34.5 Å². The summed E-state index contributed by atoms with van der Waals surface area (Å²) in [5, 5.41) is 28.4. The van der Waals surface area contributed by atoms with E-state index in [4.69, 9.17) is 55.8 Å². The highest BCUT2D eigenvalue weighted by atomic mass is 79.9. The number of benzene rings is 8. The summed E-state index contributed by atoms with van der Waals surface area (Å²) in [6, 6.07) is 45.4. The fourth-order valence-corrected chi connectivity index (χ4v) is 14.3.